The molecule has 5 heteroatoms. The number of carbonyl (C=O) groups excluding carboxylic acids is 1. The molecule has 0 radical (unpaired) electrons. The van der Waals surface area contributed by atoms with E-state index in [4.69, 9.17) is 5.11 Å². The number of unbranched alkanes of at least 4 members (excludes halogenated alkanes) is 2. The first kappa shape index (κ1) is 13.3. The number of amides is 1. The molecule has 1 aromatic rings. The third-order valence-corrected chi connectivity index (χ3v) is 2.45. The highest BCUT2D eigenvalue weighted by molar-refractivity contribution is 5.99. The van der Waals surface area contributed by atoms with Crippen molar-refractivity contribution in [2.24, 2.45) is 0 Å². The van der Waals surface area contributed by atoms with Crippen LogP contribution in [0.25, 0.3) is 0 Å². The molecule has 1 rings (SSSR count). The number of H-pyrrole nitrogens is 1. The predicted molar refractivity (Wildman–Crippen MR) is 65.3 cm³/mol. The van der Waals surface area contributed by atoms with Crippen molar-refractivity contribution in [2.45, 2.75) is 39.5 Å². The number of anilines is 1. The molecule has 0 aliphatic carbocycles. The number of aromatic carboxylic acids is 1. The lowest BCUT2D eigenvalue weighted by molar-refractivity contribution is -0.116. The fourth-order valence-corrected chi connectivity index (χ4v) is 1.60. The van der Waals surface area contributed by atoms with Crippen LogP contribution >= 0.6 is 0 Å². The Labute approximate surface area is 100 Å². The molecular formula is C12H18N2O3. The summed E-state index contributed by atoms with van der Waals surface area (Å²) in [6, 6.07) is 1.63. The van der Waals surface area contributed by atoms with Crippen molar-refractivity contribution < 1.29 is 14.7 Å². The zero-order chi connectivity index (χ0) is 12.8. The Hall–Kier alpha value is -1.78. The molecule has 17 heavy (non-hydrogen) atoms. The van der Waals surface area contributed by atoms with Crippen LogP contribution < -0.4 is 5.32 Å². The van der Waals surface area contributed by atoms with Gasteiger partial charge in [0, 0.05) is 12.1 Å². The van der Waals surface area contributed by atoms with Gasteiger partial charge in [0.05, 0.1) is 5.69 Å². The number of carboxylic acid groups (broad SMARTS) is 1. The molecule has 1 aromatic heterocycles. The van der Waals surface area contributed by atoms with Gasteiger partial charge >= 0.3 is 5.97 Å². The van der Waals surface area contributed by atoms with E-state index >= 15 is 0 Å². The monoisotopic (exact) mass is 238 g/mol. The first-order valence-corrected chi connectivity index (χ1v) is 5.77. The molecule has 0 aromatic carbocycles. The van der Waals surface area contributed by atoms with Crippen molar-refractivity contribution in [3.63, 3.8) is 0 Å². The standard InChI is InChI=1S/C12H18N2O3/c1-3-4-5-6-10(15)14-9-7-8(2)13-11(9)12(16)17/h7,13H,3-6H2,1-2H3,(H,14,15)(H,16,17). The summed E-state index contributed by atoms with van der Waals surface area (Å²) >= 11 is 0. The van der Waals surface area contributed by atoms with E-state index in [1.807, 2.05) is 0 Å². The van der Waals surface area contributed by atoms with E-state index in [1.165, 1.54) is 0 Å². The molecule has 0 fully saturated rings. The van der Waals surface area contributed by atoms with Gasteiger partial charge in [0.2, 0.25) is 5.91 Å². The summed E-state index contributed by atoms with van der Waals surface area (Å²) in [4.78, 5) is 25.2. The van der Waals surface area contributed by atoms with Gasteiger partial charge in [-0.25, -0.2) is 4.79 Å². The molecule has 1 amide bonds. The average Bonchev–Trinajstić information content (AvgIpc) is 2.60. The van der Waals surface area contributed by atoms with Crippen LogP contribution in [0.15, 0.2) is 6.07 Å². The van der Waals surface area contributed by atoms with Crippen molar-refractivity contribution in [2.75, 3.05) is 5.32 Å². The highest BCUT2D eigenvalue weighted by Crippen LogP contribution is 2.17. The molecule has 0 saturated carbocycles. The number of aryl methyl sites for hydroxylation is 1. The Balaban J connectivity index is 2.61. The fraction of sp³-hybridized carbons (Fsp3) is 0.500. The van der Waals surface area contributed by atoms with Crippen molar-refractivity contribution in [3.05, 3.63) is 17.5 Å². The number of aromatic amines is 1. The van der Waals surface area contributed by atoms with Gasteiger partial charge in [-0.3, -0.25) is 4.79 Å². The Morgan fingerprint density at radius 1 is 1.41 bits per heavy atom. The minimum Gasteiger partial charge on any atom is -0.477 e. The lowest BCUT2D eigenvalue weighted by Crippen LogP contribution is -2.13. The number of carboxylic acids is 1. The van der Waals surface area contributed by atoms with Crippen molar-refractivity contribution in [3.8, 4) is 0 Å². The van der Waals surface area contributed by atoms with Gasteiger partial charge in [-0.1, -0.05) is 19.8 Å². The molecule has 5 nitrogen and oxygen atoms in total. The second kappa shape index (κ2) is 6.08. The molecule has 0 saturated heterocycles. The summed E-state index contributed by atoms with van der Waals surface area (Å²) in [7, 11) is 0. The second-order valence-corrected chi connectivity index (χ2v) is 4.05. The van der Waals surface area contributed by atoms with E-state index in [1.54, 1.807) is 13.0 Å². The maximum atomic E-state index is 11.6. The van der Waals surface area contributed by atoms with Gasteiger partial charge < -0.3 is 15.4 Å². The Kier molecular flexibility index (Phi) is 4.75. The number of rotatable bonds is 6. The molecule has 0 aliphatic heterocycles. The average molecular weight is 238 g/mol. The van der Waals surface area contributed by atoms with E-state index in [9.17, 15) is 9.59 Å². The van der Waals surface area contributed by atoms with Gasteiger partial charge in [-0.15, -0.1) is 0 Å². The number of aromatic nitrogens is 1. The lowest BCUT2D eigenvalue weighted by atomic mass is 10.2. The molecule has 0 spiro atoms. The Bertz CT molecular complexity index is 410. The topological polar surface area (TPSA) is 82.2 Å². The molecule has 0 aliphatic rings. The Morgan fingerprint density at radius 2 is 2.12 bits per heavy atom. The SMILES string of the molecule is CCCCCC(=O)Nc1cc(C)[nH]c1C(=O)O. The first-order valence-electron chi connectivity index (χ1n) is 5.77. The van der Waals surface area contributed by atoms with Crippen LogP contribution in [0.2, 0.25) is 0 Å². The van der Waals surface area contributed by atoms with Crippen molar-refractivity contribution >= 4 is 17.6 Å². The molecule has 3 N–H and O–H groups in total. The summed E-state index contributed by atoms with van der Waals surface area (Å²) in [5, 5.41) is 11.5. The highest BCUT2D eigenvalue weighted by atomic mass is 16.4. The van der Waals surface area contributed by atoms with Gasteiger partial charge in [-0.05, 0) is 19.4 Å². The maximum Gasteiger partial charge on any atom is 0.354 e. The van der Waals surface area contributed by atoms with Crippen LogP contribution in [-0.4, -0.2) is 22.0 Å². The van der Waals surface area contributed by atoms with Gasteiger partial charge in [-0.2, -0.15) is 0 Å². The van der Waals surface area contributed by atoms with E-state index in [-0.39, 0.29) is 11.6 Å². The van der Waals surface area contributed by atoms with Crippen LogP contribution in [-0.2, 0) is 4.79 Å². The Morgan fingerprint density at radius 3 is 2.71 bits per heavy atom. The zero-order valence-corrected chi connectivity index (χ0v) is 10.2. The van der Waals surface area contributed by atoms with Gasteiger partial charge in [0.25, 0.3) is 0 Å². The highest BCUT2D eigenvalue weighted by Gasteiger charge is 2.14. The number of hydrogen-bond acceptors (Lipinski definition) is 2. The van der Waals surface area contributed by atoms with Crippen LogP contribution in [0.3, 0.4) is 0 Å². The van der Waals surface area contributed by atoms with Gasteiger partial charge in [0.15, 0.2) is 0 Å². The van der Waals surface area contributed by atoms with Crippen LogP contribution in [0, 0.1) is 6.92 Å². The second-order valence-electron chi connectivity index (χ2n) is 4.05. The molecule has 94 valence electrons. The van der Waals surface area contributed by atoms with Crippen LogP contribution in [0.4, 0.5) is 5.69 Å². The van der Waals surface area contributed by atoms with Crippen LogP contribution in [0.5, 0.6) is 0 Å². The molecule has 0 bridgehead atoms. The molecule has 0 atom stereocenters. The third kappa shape index (κ3) is 3.94. The normalized spacial score (nSPS) is 10.2. The molecular weight excluding hydrogens is 220 g/mol. The summed E-state index contributed by atoms with van der Waals surface area (Å²) in [6.07, 6.45) is 3.31. The first-order chi connectivity index (χ1) is 8.04. The summed E-state index contributed by atoms with van der Waals surface area (Å²) < 4.78 is 0. The van der Waals surface area contributed by atoms with Crippen molar-refractivity contribution in [1.82, 2.24) is 4.98 Å². The quantitative estimate of drug-likeness (QED) is 0.666. The molecule has 1 heterocycles. The maximum absolute atomic E-state index is 11.6. The minimum atomic E-state index is -1.07. The fourth-order valence-electron chi connectivity index (χ4n) is 1.60. The van der Waals surface area contributed by atoms with E-state index in [2.05, 4.69) is 17.2 Å². The summed E-state index contributed by atoms with van der Waals surface area (Å²) in [5.74, 6) is -1.21. The number of carbonyl (C=O) groups is 2. The number of nitrogens with one attached hydrogen (secondary N) is 2. The lowest BCUT2D eigenvalue weighted by Gasteiger charge is -2.03. The zero-order valence-electron chi connectivity index (χ0n) is 10.2. The predicted octanol–water partition coefficient (Wildman–Crippen LogP) is 2.54. The van der Waals surface area contributed by atoms with E-state index < -0.39 is 5.97 Å². The summed E-state index contributed by atoms with van der Waals surface area (Å²) in [5.41, 5.74) is 1.09. The van der Waals surface area contributed by atoms with Crippen molar-refractivity contribution in [1.29, 1.82) is 0 Å². The largest absolute Gasteiger partial charge is 0.477 e. The third-order valence-electron chi connectivity index (χ3n) is 2.45. The van der Waals surface area contributed by atoms with E-state index in [0.717, 1.165) is 19.3 Å². The minimum absolute atomic E-state index is 0.0336. The number of hydrogen-bond donors (Lipinski definition) is 3. The molecule has 0 unspecified atom stereocenters. The van der Waals surface area contributed by atoms with Crippen LogP contribution in [0.1, 0.15) is 48.8 Å². The smallest absolute Gasteiger partial charge is 0.354 e. The summed E-state index contributed by atoms with van der Waals surface area (Å²) in [6.45, 7) is 3.81. The van der Waals surface area contributed by atoms with E-state index in [0.29, 0.717) is 17.8 Å². The van der Waals surface area contributed by atoms with Gasteiger partial charge in [0.1, 0.15) is 5.69 Å².